The van der Waals surface area contributed by atoms with Crippen molar-refractivity contribution in [1.29, 1.82) is 0 Å². The van der Waals surface area contributed by atoms with E-state index < -0.39 is 7.14 Å². The Balaban J connectivity index is 1.36. The molecular weight excluding hydrogens is 475 g/mol. The predicted molar refractivity (Wildman–Crippen MR) is 135 cm³/mol. The first-order chi connectivity index (χ1) is 16.3. The molecule has 9 nitrogen and oxygen atoms in total. The van der Waals surface area contributed by atoms with Crippen LogP contribution in [0.5, 0.6) is 5.88 Å². The number of rotatable bonds is 7. The van der Waals surface area contributed by atoms with E-state index in [1.807, 2.05) is 36.4 Å². The Morgan fingerprint density at radius 1 is 1.09 bits per heavy atom. The number of aromatic nitrogens is 3. The summed E-state index contributed by atoms with van der Waals surface area (Å²) in [6.07, 6.45) is 1.51. The van der Waals surface area contributed by atoms with Crippen molar-refractivity contribution in [2.45, 2.75) is 0 Å². The van der Waals surface area contributed by atoms with Crippen molar-refractivity contribution in [3.8, 4) is 5.88 Å². The normalized spacial score (nSPS) is 16.5. The van der Waals surface area contributed by atoms with E-state index in [1.54, 1.807) is 20.4 Å². The number of benzene rings is 1. The lowest BCUT2D eigenvalue weighted by Crippen LogP contribution is -2.66. The van der Waals surface area contributed by atoms with Gasteiger partial charge in [-0.3, -0.25) is 0 Å². The lowest BCUT2D eigenvalue weighted by molar-refractivity contribution is -0.127. The number of hydrogen-bond donors (Lipinski definition) is 2. The van der Waals surface area contributed by atoms with Crippen LogP contribution in [-0.4, -0.2) is 61.7 Å². The standard InChI is InChI=1S/C23H26ClN6O3P/c1-32-21-17(8-9-19(28-21)30-11-23(12-30)13-33-14-23)27-22-25-10-15(24)20(29-22)26-16-6-4-5-7-18(16)34(2,3)31/h4-10H,11-14H2,1-3H3,(H2,25,26,27,29). The fourth-order valence-corrected chi connectivity index (χ4v) is 5.46. The van der Waals surface area contributed by atoms with Crippen LogP contribution in [0.25, 0.3) is 0 Å². The van der Waals surface area contributed by atoms with Crippen molar-refractivity contribution in [2.24, 2.45) is 5.41 Å². The van der Waals surface area contributed by atoms with E-state index in [-0.39, 0.29) is 0 Å². The van der Waals surface area contributed by atoms with Gasteiger partial charge in [-0.15, -0.1) is 0 Å². The van der Waals surface area contributed by atoms with Crippen molar-refractivity contribution in [3.63, 3.8) is 0 Å². The number of ether oxygens (including phenoxy) is 2. The molecule has 2 N–H and O–H groups in total. The summed E-state index contributed by atoms with van der Waals surface area (Å²) in [7, 11) is -0.925. The molecule has 2 aliphatic rings. The molecule has 0 saturated carbocycles. The summed E-state index contributed by atoms with van der Waals surface area (Å²) >= 11 is 6.36. The van der Waals surface area contributed by atoms with Gasteiger partial charge in [-0.25, -0.2) is 4.98 Å². The number of hydrogen-bond acceptors (Lipinski definition) is 9. The Kier molecular flexibility index (Phi) is 5.88. The van der Waals surface area contributed by atoms with Crippen LogP contribution in [-0.2, 0) is 9.30 Å². The molecule has 2 aromatic heterocycles. The van der Waals surface area contributed by atoms with Gasteiger partial charge in [0, 0.05) is 18.4 Å². The molecule has 1 aromatic carbocycles. The van der Waals surface area contributed by atoms with Gasteiger partial charge in [0.15, 0.2) is 5.82 Å². The van der Waals surface area contributed by atoms with E-state index in [1.165, 1.54) is 6.20 Å². The highest BCUT2D eigenvalue weighted by atomic mass is 35.5. The van der Waals surface area contributed by atoms with Crippen LogP contribution in [0.2, 0.25) is 5.02 Å². The van der Waals surface area contributed by atoms with Crippen LogP contribution in [0.15, 0.2) is 42.6 Å². The molecule has 3 aromatic rings. The topological polar surface area (TPSA) is 102 Å². The summed E-state index contributed by atoms with van der Waals surface area (Å²) in [4.78, 5) is 15.7. The van der Waals surface area contributed by atoms with E-state index in [2.05, 4.69) is 30.5 Å². The van der Waals surface area contributed by atoms with Gasteiger partial charge >= 0.3 is 0 Å². The summed E-state index contributed by atoms with van der Waals surface area (Å²) in [5.74, 6) is 2.03. The van der Waals surface area contributed by atoms with Crippen molar-refractivity contribution in [1.82, 2.24) is 15.0 Å². The third-order valence-corrected chi connectivity index (χ3v) is 7.79. The molecule has 4 heterocycles. The zero-order valence-corrected chi connectivity index (χ0v) is 20.9. The van der Waals surface area contributed by atoms with Gasteiger partial charge in [0.05, 0.1) is 37.6 Å². The molecule has 2 aliphatic heterocycles. The predicted octanol–water partition coefficient (Wildman–Crippen LogP) is 4.11. The lowest BCUT2D eigenvalue weighted by atomic mass is 9.78. The second-order valence-corrected chi connectivity index (χ2v) is 12.7. The molecule has 0 unspecified atom stereocenters. The highest BCUT2D eigenvalue weighted by Crippen LogP contribution is 2.41. The molecule has 0 amide bonds. The van der Waals surface area contributed by atoms with E-state index >= 15 is 0 Å². The maximum atomic E-state index is 12.7. The summed E-state index contributed by atoms with van der Waals surface area (Å²) in [5, 5.41) is 7.43. The molecule has 34 heavy (non-hydrogen) atoms. The van der Waals surface area contributed by atoms with Gasteiger partial charge in [0.1, 0.15) is 23.7 Å². The van der Waals surface area contributed by atoms with Crippen LogP contribution >= 0.6 is 18.7 Å². The molecular formula is C23H26ClN6O3P. The number of nitrogens with one attached hydrogen (secondary N) is 2. The smallest absolute Gasteiger partial charge is 0.239 e. The first-order valence-electron chi connectivity index (χ1n) is 10.9. The number of halogens is 1. The minimum absolute atomic E-state index is 0.300. The molecule has 11 heteroatoms. The maximum Gasteiger partial charge on any atom is 0.239 e. The quantitative estimate of drug-likeness (QED) is 0.464. The third-order valence-electron chi connectivity index (χ3n) is 5.96. The molecule has 0 aliphatic carbocycles. The van der Waals surface area contributed by atoms with Gasteiger partial charge in [0.25, 0.3) is 0 Å². The van der Waals surface area contributed by atoms with Gasteiger partial charge in [-0.05, 0) is 37.6 Å². The first-order valence-corrected chi connectivity index (χ1v) is 13.8. The van der Waals surface area contributed by atoms with Gasteiger partial charge in [-0.2, -0.15) is 9.97 Å². The van der Waals surface area contributed by atoms with Crippen molar-refractivity contribution in [3.05, 3.63) is 47.6 Å². The largest absolute Gasteiger partial charge is 0.479 e. The second kappa shape index (κ2) is 8.73. The second-order valence-electron chi connectivity index (χ2n) is 9.08. The summed E-state index contributed by atoms with van der Waals surface area (Å²) in [6.45, 7) is 6.98. The SMILES string of the molecule is COc1nc(N2CC3(COC3)C2)ccc1Nc1ncc(Cl)c(Nc2ccccc2P(C)(C)=O)n1. The van der Waals surface area contributed by atoms with Crippen LogP contribution < -0.4 is 25.6 Å². The Hall–Kier alpha value is -2.87. The Bertz CT molecular complexity index is 1270. The lowest BCUT2D eigenvalue weighted by Gasteiger charge is -2.55. The maximum absolute atomic E-state index is 12.7. The van der Waals surface area contributed by atoms with Gasteiger partial charge in [0.2, 0.25) is 11.8 Å². The fraction of sp³-hybridized carbons (Fsp3) is 0.348. The van der Waals surface area contributed by atoms with Gasteiger partial charge < -0.3 is 29.6 Å². The molecule has 0 bridgehead atoms. The van der Waals surface area contributed by atoms with E-state index in [4.69, 9.17) is 21.1 Å². The Labute approximate surface area is 203 Å². The number of methoxy groups -OCH3 is 1. The average Bonchev–Trinajstić information content (AvgIpc) is 2.74. The molecule has 0 radical (unpaired) electrons. The number of pyridine rings is 1. The van der Waals surface area contributed by atoms with E-state index in [9.17, 15) is 4.57 Å². The monoisotopic (exact) mass is 500 g/mol. The van der Waals surface area contributed by atoms with E-state index in [0.29, 0.717) is 39.5 Å². The Morgan fingerprint density at radius 3 is 2.53 bits per heavy atom. The van der Waals surface area contributed by atoms with Crippen LogP contribution in [0.3, 0.4) is 0 Å². The molecule has 178 valence electrons. The summed E-state index contributed by atoms with van der Waals surface area (Å²) in [5.41, 5.74) is 1.62. The molecule has 0 atom stereocenters. The fourth-order valence-electron chi connectivity index (χ4n) is 4.17. The van der Waals surface area contributed by atoms with Gasteiger partial charge in [-0.1, -0.05) is 23.7 Å². The minimum atomic E-state index is -2.50. The minimum Gasteiger partial charge on any atom is -0.479 e. The average molecular weight is 501 g/mol. The zero-order chi connectivity index (χ0) is 23.9. The highest BCUT2D eigenvalue weighted by molar-refractivity contribution is 7.70. The van der Waals surface area contributed by atoms with Crippen molar-refractivity contribution >= 4 is 53.0 Å². The number of anilines is 5. The number of nitrogens with zero attached hydrogens (tertiary/aromatic N) is 4. The van der Waals surface area contributed by atoms with Crippen LogP contribution in [0, 0.1) is 5.41 Å². The zero-order valence-electron chi connectivity index (χ0n) is 19.2. The molecule has 2 saturated heterocycles. The Morgan fingerprint density at radius 2 is 1.85 bits per heavy atom. The van der Waals surface area contributed by atoms with Crippen LogP contribution in [0.4, 0.5) is 29.0 Å². The molecule has 2 fully saturated rings. The van der Waals surface area contributed by atoms with Crippen LogP contribution in [0.1, 0.15) is 0 Å². The summed E-state index contributed by atoms with van der Waals surface area (Å²) in [6, 6.07) is 11.3. The van der Waals surface area contributed by atoms with Crippen molar-refractivity contribution in [2.75, 3.05) is 62.3 Å². The molecule has 5 rings (SSSR count). The highest BCUT2D eigenvalue weighted by Gasteiger charge is 2.49. The summed E-state index contributed by atoms with van der Waals surface area (Å²) < 4.78 is 23.6. The molecule has 1 spiro atoms. The first kappa shape index (κ1) is 22.9. The third kappa shape index (κ3) is 4.43. The number of para-hydroxylation sites is 1. The van der Waals surface area contributed by atoms with E-state index in [0.717, 1.165) is 37.4 Å². The van der Waals surface area contributed by atoms with Crippen molar-refractivity contribution < 1.29 is 14.0 Å².